The Kier molecular flexibility index (Phi) is 5.71. The van der Waals surface area contributed by atoms with E-state index >= 15 is 0 Å². The minimum absolute atomic E-state index is 0.257. The molecule has 2 aromatic heterocycles. The van der Waals surface area contributed by atoms with Crippen molar-refractivity contribution >= 4 is 61.5 Å². The van der Waals surface area contributed by atoms with Gasteiger partial charge >= 0.3 is 12.2 Å². The van der Waals surface area contributed by atoms with Crippen molar-refractivity contribution in [3.05, 3.63) is 115 Å². The molecule has 0 atom stereocenters. The van der Waals surface area contributed by atoms with Crippen LogP contribution in [0.2, 0.25) is 0 Å². The van der Waals surface area contributed by atoms with E-state index in [1.54, 1.807) is 27.3 Å². The maximum atomic E-state index is 13.6. The molecule has 0 unspecified atom stereocenters. The number of hydrogen-bond donors (Lipinski definition) is 0. The Morgan fingerprint density at radius 1 is 0.512 bits per heavy atom. The molecule has 200 valence electrons. The van der Waals surface area contributed by atoms with Crippen molar-refractivity contribution < 1.29 is 19.1 Å². The number of benzene rings is 5. The Morgan fingerprint density at radius 2 is 0.829 bits per heavy atom. The van der Waals surface area contributed by atoms with Crippen molar-refractivity contribution in [1.29, 1.82) is 0 Å². The number of fused-ring (bicyclic) bond motifs is 6. The first-order valence-electron chi connectivity index (χ1n) is 13.2. The predicted octanol–water partition coefficient (Wildman–Crippen LogP) is 8.06. The first kappa shape index (κ1) is 24.5. The van der Waals surface area contributed by atoms with Crippen molar-refractivity contribution in [2.45, 2.75) is 0 Å². The fourth-order valence-corrected chi connectivity index (χ4v) is 5.46. The molecule has 0 amide bonds. The van der Waals surface area contributed by atoms with Crippen LogP contribution in [0.15, 0.2) is 115 Å². The van der Waals surface area contributed by atoms with Crippen LogP contribution in [0.3, 0.4) is 0 Å². The Balaban J connectivity index is 1.27. The quantitative estimate of drug-likeness (QED) is 0.227. The van der Waals surface area contributed by atoms with E-state index < -0.39 is 12.2 Å². The van der Waals surface area contributed by atoms with Crippen LogP contribution in [-0.2, 0) is 0 Å². The van der Waals surface area contributed by atoms with Gasteiger partial charge in [-0.05, 0) is 24.3 Å². The van der Waals surface area contributed by atoms with E-state index in [0.29, 0.717) is 5.69 Å². The summed E-state index contributed by atoms with van der Waals surface area (Å²) in [4.78, 5) is 29.1. The summed E-state index contributed by atoms with van der Waals surface area (Å²) >= 11 is 0. The van der Waals surface area contributed by atoms with Crippen molar-refractivity contribution in [2.24, 2.45) is 0 Å². The largest absolute Gasteiger partial charge is 0.424 e. The number of carbonyl (C=O) groups excluding carboxylic acids is 2. The molecule has 0 N–H and O–H groups in total. The number of hydrogen-bond acceptors (Lipinski definition) is 5. The average molecular weight is 540 g/mol. The molecular formula is C34H25N3O4. The van der Waals surface area contributed by atoms with Crippen LogP contribution in [0.1, 0.15) is 0 Å². The van der Waals surface area contributed by atoms with Crippen molar-refractivity contribution in [2.75, 3.05) is 19.0 Å². The molecule has 0 spiro atoms. The Labute approximate surface area is 235 Å². The molecule has 0 aliphatic rings. The normalized spacial score (nSPS) is 11.4. The van der Waals surface area contributed by atoms with Gasteiger partial charge in [0.1, 0.15) is 11.5 Å². The molecule has 0 fully saturated rings. The van der Waals surface area contributed by atoms with E-state index in [1.807, 2.05) is 116 Å². The molecule has 0 aliphatic carbocycles. The van der Waals surface area contributed by atoms with Gasteiger partial charge in [-0.2, -0.15) is 0 Å². The fraction of sp³-hybridized carbons (Fsp3) is 0.0588. The van der Waals surface area contributed by atoms with Crippen LogP contribution in [0, 0.1) is 0 Å². The number of ether oxygens (including phenoxy) is 2. The number of anilines is 1. The van der Waals surface area contributed by atoms with E-state index in [1.165, 1.54) is 0 Å². The van der Waals surface area contributed by atoms with E-state index in [2.05, 4.69) is 0 Å². The Hall–Kier alpha value is -5.56. The summed E-state index contributed by atoms with van der Waals surface area (Å²) in [6, 6.07) is 35.9. The van der Waals surface area contributed by atoms with Gasteiger partial charge in [0.05, 0.1) is 22.1 Å². The third-order valence-electron chi connectivity index (χ3n) is 7.32. The van der Waals surface area contributed by atoms with Crippen LogP contribution < -0.4 is 14.4 Å². The zero-order valence-electron chi connectivity index (χ0n) is 22.4. The Morgan fingerprint density at radius 3 is 1.15 bits per heavy atom. The van der Waals surface area contributed by atoms with E-state index in [0.717, 1.165) is 43.6 Å². The van der Waals surface area contributed by atoms with Gasteiger partial charge in [-0.3, -0.25) is 0 Å². The maximum absolute atomic E-state index is 13.6. The lowest BCUT2D eigenvalue weighted by molar-refractivity contribution is 0.203. The molecule has 2 heterocycles. The molecule has 7 heteroatoms. The standard InChI is InChI=1S/C34H25N3O4/c1-35(2)22-19-23(40-33(38)36-29-15-7-3-11-25(29)26-12-4-8-16-30(26)36)21-24(20-22)41-34(39)37-31-17-9-5-13-27(31)28-14-6-10-18-32(28)37/h3-21H,1-2H3. The first-order valence-corrected chi connectivity index (χ1v) is 13.2. The van der Waals surface area contributed by atoms with Crippen molar-refractivity contribution in [3.63, 3.8) is 0 Å². The second-order valence-electron chi connectivity index (χ2n) is 10.0. The zero-order chi connectivity index (χ0) is 28.1. The Bertz CT molecular complexity index is 1880. The fourth-order valence-electron chi connectivity index (χ4n) is 5.46. The summed E-state index contributed by atoms with van der Waals surface area (Å²) in [7, 11) is 3.74. The molecule has 41 heavy (non-hydrogen) atoms. The molecule has 7 nitrogen and oxygen atoms in total. The molecule has 5 aromatic carbocycles. The molecule has 0 saturated heterocycles. The van der Waals surface area contributed by atoms with Crippen LogP contribution in [0.25, 0.3) is 43.6 Å². The summed E-state index contributed by atoms with van der Waals surface area (Å²) in [5.41, 5.74) is 3.71. The lowest BCUT2D eigenvalue weighted by Gasteiger charge is -2.16. The van der Waals surface area contributed by atoms with Crippen LogP contribution in [0.4, 0.5) is 15.3 Å². The number of nitrogens with zero attached hydrogens (tertiary/aromatic N) is 3. The zero-order valence-corrected chi connectivity index (χ0v) is 22.4. The summed E-state index contributed by atoms with van der Waals surface area (Å²) < 4.78 is 15.0. The molecule has 7 aromatic rings. The lowest BCUT2D eigenvalue weighted by atomic mass is 10.2. The molecule has 0 saturated carbocycles. The first-order chi connectivity index (χ1) is 20.0. The maximum Gasteiger partial charge on any atom is 0.424 e. The lowest BCUT2D eigenvalue weighted by Crippen LogP contribution is -2.18. The topological polar surface area (TPSA) is 65.7 Å². The highest BCUT2D eigenvalue weighted by molar-refractivity contribution is 6.13. The second kappa shape index (κ2) is 9.57. The van der Waals surface area contributed by atoms with Gasteiger partial charge in [0.2, 0.25) is 0 Å². The van der Waals surface area contributed by atoms with Crippen LogP contribution in [0.5, 0.6) is 11.5 Å². The van der Waals surface area contributed by atoms with Gasteiger partial charge in [-0.1, -0.05) is 72.8 Å². The number of carbonyl (C=O) groups is 2. The summed E-state index contributed by atoms with van der Waals surface area (Å²) in [6.07, 6.45) is -1.11. The predicted molar refractivity (Wildman–Crippen MR) is 163 cm³/mol. The minimum atomic E-state index is -0.557. The smallest absolute Gasteiger partial charge is 0.409 e. The minimum Gasteiger partial charge on any atom is -0.409 e. The third-order valence-corrected chi connectivity index (χ3v) is 7.32. The van der Waals surface area contributed by atoms with Gasteiger partial charge in [0, 0.05) is 59.5 Å². The van der Waals surface area contributed by atoms with Gasteiger partial charge in [0.25, 0.3) is 0 Å². The summed E-state index contributed by atoms with van der Waals surface area (Å²) in [5.74, 6) is 0.515. The van der Waals surface area contributed by atoms with Crippen LogP contribution >= 0.6 is 0 Å². The third kappa shape index (κ3) is 4.06. The van der Waals surface area contributed by atoms with Gasteiger partial charge in [0.15, 0.2) is 0 Å². The van der Waals surface area contributed by atoms with Gasteiger partial charge < -0.3 is 14.4 Å². The second-order valence-corrected chi connectivity index (χ2v) is 10.0. The van der Waals surface area contributed by atoms with Gasteiger partial charge in [-0.25, -0.2) is 18.7 Å². The van der Waals surface area contributed by atoms with E-state index in [-0.39, 0.29) is 11.5 Å². The highest BCUT2D eigenvalue weighted by Crippen LogP contribution is 2.33. The average Bonchev–Trinajstić information content (AvgIpc) is 3.50. The summed E-state index contributed by atoms with van der Waals surface area (Å²) in [5, 5.41) is 3.84. The molecular weight excluding hydrogens is 514 g/mol. The molecule has 7 rings (SSSR count). The van der Waals surface area contributed by atoms with E-state index in [4.69, 9.17) is 9.47 Å². The SMILES string of the molecule is CN(C)c1cc(OC(=O)n2c3ccccc3c3ccccc32)cc(OC(=O)n2c3ccccc3c3ccccc32)c1. The molecule has 0 radical (unpaired) electrons. The number of para-hydroxylation sites is 4. The highest BCUT2D eigenvalue weighted by Gasteiger charge is 2.20. The number of aromatic nitrogens is 2. The van der Waals surface area contributed by atoms with E-state index in [9.17, 15) is 9.59 Å². The molecule has 0 aliphatic heterocycles. The van der Waals surface area contributed by atoms with Crippen molar-refractivity contribution in [3.8, 4) is 11.5 Å². The monoisotopic (exact) mass is 539 g/mol. The van der Waals surface area contributed by atoms with Crippen LogP contribution in [-0.4, -0.2) is 35.4 Å². The number of rotatable bonds is 3. The van der Waals surface area contributed by atoms with Crippen molar-refractivity contribution in [1.82, 2.24) is 9.13 Å². The van der Waals surface area contributed by atoms with Gasteiger partial charge in [-0.15, -0.1) is 0 Å². The highest BCUT2D eigenvalue weighted by atomic mass is 16.6. The summed E-state index contributed by atoms with van der Waals surface area (Å²) in [6.45, 7) is 0. The molecule has 0 bridgehead atoms.